The molecule has 168 valence electrons. The fourth-order valence-corrected chi connectivity index (χ4v) is 4.34. The second-order valence-corrected chi connectivity index (χ2v) is 8.59. The zero-order chi connectivity index (χ0) is 22.6. The van der Waals surface area contributed by atoms with E-state index in [2.05, 4.69) is 34.5 Å². The van der Waals surface area contributed by atoms with Gasteiger partial charge >= 0.3 is 0 Å². The van der Waals surface area contributed by atoms with Gasteiger partial charge < -0.3 is 9.73 Å². The highest BCUT2D eigenvalue weighted by Crippen LogP contribution is 2.26. The molecule has 0 bridgehead atoms. The van der Waals surface area contributed by atoms with Crippen molar-refractivity contribution in [3.63, 3.8) is 0 Å². The average molecular weight is 441 g/mol. The molecule has 0 spiro atoms. The molecule has 1 N–H and O–H groups in total. The standard InChI is InChI=1S/C27H28N4O2/c1-20-12-13-25(33-20)26-24(19-31(29-26)23-10-6-3-7-11-23)27(32)28-22-14-16-30(17-15-22)18-21-8-4-2-5-9-21/h2-13,19,22H,14-18H2,1H3,(H,28,32). The van der Waals surface area contributed by atoms with Gasteiger partial charge in [0, 0.05) is 31.9 Å². The van der Waals surface area contributed by atoms with Crippen LogP contribution in [0.1, 0.15) is 34.5 Å². The Labute approximate surface area is 193 Å². The summed E-state index contributed by atoms with van der Waals surface area (Å²) in [7, 11) is 0. The molecule has 1 amide bonds. The Hall–Kier alpha value is -3.64. The van der Waals surface area contributed by atoms with Crippen LogP contribution in [-0.4, -0.2) is 39.7 Å². The molecule has 0 radical (unpaired) electrons. The summed E-state index contributed by atoms with van der Waals surface area (Å²) in [5.41, 5.74) is 3.31. The molecule has 6 heteroatoms. The Morgan fingerprint density at radius 1 is 1.00 bits per heavy atom. The molecule has 0 unspecified atom stereocenters. The quantitative estimate of drug-likeness (QED) is 0.466. The second-order valence-electron chi connectivity index (χ2n) is 8.59. The van der Waals surface area contributed by atoms with Crippen molar-refractivity contribution in [1.29, 1.82) is 0 Å². The van der Waals surface area contributed by atoms with E-state index < -0.39 is 0 Å². The highest BCUT2D eigenvalue weighted by Gasteiger charge is 2.25. The number of piperidine rings is 1. The molecule has 2 aromatic heterocycles. The molecule has 1 fully saturated rings. The Bertz CT molecular complexity index is 1210. The molecular formula is C27H28N4O2. The van der Waals surface area contributed by atoms with Crippen LogP contribution in [0.25, 0.3) is 17.1 Å². The fraction of sp³-hybridized carbons (Fsp3) is 0.259. The van der Waals surface area contributed by atoms with E-state index in [9.17, 15) is 4.79 Å². The molecule has 5 rings (SSSR count). The molecule has 33 heavy (non-hydrogen) atoms. The number of carbonyl (C=O) groups excluding carboxylic acids is 1. The van der Waals surface area contributed by atoms with Gasteiger partial charge in [-0.2, -0.15) is 5.10 Å². The molecule has 4 aromatic rings. The van der Waals surface area contributed by atoms with Gasteiger partial charge in [-0.25, -0.2) is 4.68 Å². The summed E-state index contributed by atoms with van der Waals surface area (Å²) < 4.78 is 7.55. The van der Waals surface area contributed by atoms with Gasteiger partial charge in [0.1, 0.15) is 11.5 Å². The Balaban J connectivity index is 1.29. The molecule has 0 atom stereocenters. The number of hydrogen-bond acceptors (Lipinski definition) is 4. The summed E-state index contributed by atoms with van der Waals surface area (Å²) in [5.74, 6) is 1.28. The summed E-state index contributed by atoms with van der Waals surface area (Å²) in [5, 5.41) is 7.93. The van der Waals surface area contributed by atoms with Crippen LogP contribution in [0.15, 0.2) is 83.4 Å². The number of aromatic nitrogens is 2. The Morgan fingerprint density at radius 2 is 1.70 bits per heavy atom. The van der Waals surface area contributed by atoms with Crippen molar-refractivity contribution in [3.05, 3.63) is 95.9 Å². The number of benzene rings is 2. The van der Waals surface area contributed by atoms with E-state index in [1.807, 2.05) is 55.5 Å². The number of amides is 1. The highest BCUT2D eigenvalue weighted by molar-refractivity contribution is 5.99. The summed E-state index contributed by atoms with van der Waals surface area (Å²) in [4.78, 5) is 15.8. The number of nitrogens with one attached hydrogen (secondary N) is 1. The van der Waals surface area contributed by atoms with Gasteiger partial charge in [-0.15, -0.1) is 0 Å². The lowest BCUT2D eigenvalue weighted by Gasteiger charge is -2.32. The number of aryl methyl sites for hydroxylation is 1. The van der Waals surface area contributed by atoms with E-state index in [1.165, 1.54) is 5.56 Å². The van der Waals surface area contributed by atoms with Crippen molar-refractivity contribution in [2.75, 3.05) is 13.1 Å². The number of carbonyl (C=O) groups is 1. The summed E-state index contributed by atoms with van der Waals surface area (Å²) >= 11 is 0. The summed E-state index contributed by atoms with van der Waals surface area (Å²) in [6.07, 6.45) is 3.66. The first-order valence-corrected chi connectivity index (χ1v) is 11.4. The monoisotopic (exact) mass is 440 g/mol. The number of furan rings is 1. The van der Waals surface area contributed by atoms with Crippen molar-refractivity contribution >= 4 is 5.91 Å². The van der Waals surface area contributed by atoms with Crippen molar-refractivity contribution in [2.45, 2.75) is 32.4 Å². The molecule has 0 saturated carbocycles. The molecule has 1 aliphatic heterocycles. The molecule has 0 aliphatic carbocycles. The molecule has 1 aliphatic rings. The van der Waals surface area contributed by atoms with Crippen LogP contribution in [0, 0.1) is 6.92 Å². The minimum Gasteiger partial charge on any atom is -0.460 e. The fourth-order valence-electron chi connectivity index (χ4n) is 4.34. The Kier molecular flexibility index (Phi) is 6.09. The predicted molar refractivity (Wildman–Crippen MR) is 128 cm³/mol. The maximum Gasteiger partial charge on any atom is 0.255 e. The first-order chi connectivity index (χ1) is 16.2. The largest absolute Gasteiger partial charge is 0.460 e. The van der Waals surface area contributed by atoms with Crippen molar-refractivity contribution in [1.82, 2.24) is 20.0 Å². The third-order valence-electron chi connectivity index (χ3n) is 6.13. The van der Waals surface area contributed by atoms with Gasteiger partial charge in [0.15, 0.2) is 5.76 Å². The minimum absolute atomic E-state index is 0.109. The van der Waals surface area contributed by atoms with Gasteiger partial charge in [-0.05, 0) is 49.6 Å². The van der Waals surface area contributed by atoms with Gasteiger partial charge in [0.05, 0.1) is 11.3 Å². The Morgan fingerprint density at radius 3 is 2.36 bits per heavy atom. The smallest absolute Gasteiger partial charge is 0.255 e. The number of para-hydroxylation sites is 1. The van der Waals surface area contributed by atoms with E-state index in [4.69, 9.17) is 9.52 Å². The SMILES string of the molecule is Cc1ccc(-c2nn(-c3ccccc3)cc2C(=O)NC2CCN(Cc3ccccc3)CC2)o1. The molecule has 6 nitrogen and oxygen atoms in total. The van der Waals surface area contributed by atoms with Crippen LogP contribution in [0.2, 0.25) is 0 Å². The maximum absolute atomic E-state index is 13.3. The second kappa shape index (κ2) is 9.46. The molecule has 1 saturated heterocycles. The normalized spacial score (nSPS) is 14.9. The summed E-state index contributed by atoms with van der Waals surface area (Å²) in [6.45, 7) is 4.77. The van der Waals surface area contributed by atoms with E-state index in [0.29, 0.717) is 17.0 Å². The van der Waals surface area contributed by atoms with E-state index in [1.54, 1.807) is 10.9 Å². The number of nitrogens with zero attached hydrogens (tertiary/aromatic N) is 3. The topological polar surface area (TPSA) is 63.3 Å². The first kappa shape index (κ1) is 21.2. The third-order valence-corrected chi connectivity index (χ3v) is 6.13. The van der Waals surface area contributed by atoms with Crippen molar-refractivity contribution in [2.24, 2.45) is 0 Å². The maximum atomic E-state index is 13.3. The van der Waals surface area contributed by atoms with E-state index in [-0.39, 0.29) is 11.9 Å². The van der Waals surface area contributed by atoms with Gasteiger partial charge in [-0.1, -0.05) is 48.5 Å². The van der Waals surface area contributed by atoms with Crippen LogP contribution in [-0.2, 0) is 6.54 Å². The van der Waals surface area contributed by atoms with Gasteiger partial charge in [0.25, 0.3) is 5.91 Å². The molecule has 2 aromatic carbocycles. The third kappa shape index (κ3) is 4.91. The number of rotatable bonds is 6. The average Bonchev–Trinajstić information content (AvgIpc) is 3.48. The predicted octanol–water partition coefficient (Wildman–Crippen LogP) is 4.84. The number of likely N-dealkylation sites (tertiary alicyclic amines) is 1. The molecular weight excluding hydrogens is 412 g/mol. The van der Waals surface area contributed by atoms with Crippen LogP contribution in [0.3, 0.4) is 0 Å². The lowest BCUT2D eigenvalue weighted by molar-refractivity contribution is 0.0909. The van der Waals surface area contributed by atoms with Crippen LogP contribution < -0.4 is 5.32 Å². The molecule has 3 heterocycles. The van der Waals surface area contributed by atoms with Crippen LogP contribution in [0.4, 0.5) is 0 Å². The lowest BCUT2D eigenvalue weighted by atomic mass is 10.0. The highest BCUT2D eigenvalue weighted by atomic mass is 16.3. The van der Waals surface area contributed by atoms with E-state index in [0.717, 1.165) is 43.9 Å². The van der Waals surface area contributed by atoms with Crippen molar-refractivity contribution < 1.29 is 9.21 Å². The van der Waals surface area contributed by atoms with Gasteiger partial charge in [-0.3, -0.25) is 9.69 Å². The lowest BCUT2D eigenvalue weighted by Crippen LogP contribution is -2.44. The summed E-state index contributed by atoms with van der Waals surface area (Å²) in [6, 6.07) is 24.2. The van der Waals surface area contributed by atoms with Crippen LogP contribution in [0.5, 0.6) is 0 Å². The van der Waals surface area contributed by atoms with Crippen LogP contribution >= 0.6 is 0 Å². The number of hydrogen-bond donors (Lipinski definition) is 1. The first-order valence-electron chi connectivity index (χ1n) is 11.4. The zero-order valence-corrected chi connectivity index (χ0v) is 18.8. The van der Waals surface area contributed by atoms with E-state index >= 15 is 0 Å². The van der Waals surface area contributed by atoms with Crippen molar-refractivity contribution in [3.8, 4) is 17.1 Å². The van der Waals surface area contributed by atoms with Gasteiger partial charge in [0.2, 0.25) is 0 Å². The zero-order valence-electron chi connectivity index (χ0n) is 18.8. The minimum atomic E-state index is -0.109.